The Bertz CT molecular complexity index is 934. The summed E-state index contributed by atoms with van der Waals surface area (Å²) >= 11 is 0. The molecule has 7 nitrogen and oxygen atoms in total. The molecule has 1 fully saturated rings. The van der Waals surface area contributed by atoms with Crippen LogP contribution in [-0.4, -0.2) is 35.5 Å². The number of hydrogen-bond acceptors (Lipinski definition) is 6. The van der Waals surface area contributed by atoms with Gasteiger partial charge in [0.1, 0.15) is 0 Å². The van der Waals surface area contributed by atoms with E-state index in [1.165, 1.54) is 25.3 Å². The third-order valence-corrected chi connectivity index (χ3v) is 5.75. The van der Waals surface area contributed by atoms with Gasteiger partial charge in [-0.25, -0.2) is 0 Å². The van der Waals surface area contributed by atoms with E-state index in [-0.39, 0.29) is 36.3 Å². The summed E-state index contributed by atoms with van der Waals surface area (Å²) in [6.45, 7) is 3.94. The van der Waals surface area contributed by atoms with Crippen molar-refractivity contribution in [1.29, 1.82) is 0 Å². The van der Waals surface area contributed by atoms with E-state index in [0.29, 0.717) is 22.4 Å². The average molecular weight is 425 g/mol. The number of carbonyl (C=O) groups excluding carboxylic acids is 2. The zero-order valence-corrected chi connectivity index (χ0v) is 17.8. The Balaban J connectivity index is 1.51. The molecule has 0 aromatic heterocycles. The number of rotatable bonds is 5. The second kappa shape index (κ2) is 9.49. The summed E-state index contributed by atoms with van der Waals surface area (Å²) in [5, 5.41) is 0. The highest BCUT2D eigenvalue weighted by Crippen LogP contribution is 2.31. The number of hydrogen-bond donors (Lipinski definition) is 0. The van der Waals surface area contributed by atoms with Gasteiger partial charge in [0.15, 0.2) is 5.78 Å². The lowest BCUT2D eigenvalue weighted by Crippen LogP contribution is -2.45. The molecule has 4 rings (SSSR count). The first-order valence-electron chi connectivity index (χ1n) is 10.7. The molecule has 0 spiro atoms. The van der Waals surface area contributed by atoms with Crippen LogP contribution in [0.3, 0.4) is 0 Å². The summed E-state index contributed by atoms with van der Waals surface area (Å²) in [4.78, 5) is 47.8. The Morgan fingerprint density at radius 2 is 1.45 bits per heavy atom. The Kier molecular flexibility index (Phi) is 6.53. The maximum Gasteiger partial charge on any atom is 0.254 e. The van der Waals surface area contributed by atoms with Crippen LogP contribution in [0.25, 0.3) is 0 Å². The SMILES string of the molecule is CC(C)N(C(=O)c1ccc(C(=O)c2ccc3c(c2)OOCOO3)cc1)C1CCCCC1. The molecular weight excluding hydrogens is 398 g/mol. The quantitative estimate of drug-likeness (QED) is 0.511. The molecule has 2 aliphatic rings. The monoisotopic (exact) mass is 425 g/mol. The van der Waals surface area contributed by atoms with E-state index < -0.39 is 0 Å². The molecule has 1 aliphatic carbocycles. The maximum absolute atomic E-state index is 13.2. The van der Waals surface area contributed by atoms with Gasteiger partial charge in [-0.1, -0.05) is 31.4 Å². The standard InChI is InChI=1S/C24H27NO6/c1-16(2)25(20-6-4-3-5-7-20)24(27)18-10-8-17(9-11-18)23(26)19-12-13-21-22(14-19)31-29-15-28-30-21/h8-14,16,20H,3-7,15H2,1-2H3. The van der Waals surface area contributed by atoms with Gasteiger partial charge >= 0.3 is 0 Å². The molecule has 0 atom stereocenters. The van der Waals surface area contributed by atoms with Crippen molar-refractivity contribution in [2.45, 2.75) is 58.0 Å². The average Bonchev–Trinajstić information content (AvgIpc) is 3.04. The van der Waals surface area contributed by atoms with Crippen molar-refractivity contribution >= 4 is 11.7 Å². The smallest absolute Gasteiger partial charge is 0.254 e. The third-order valence-electron chi connectivity index (χ3n) is 5.75. The predicted octanol–water partition coefficient (Wildman–Crippen LogP) is 4.69. The van der Waals surface area contributed by atoms with Crippen LogP contribution in [0.15, 0.2) is 42.5 Å². The molecule has 7 heteroatoms. The van der Waals surface area contributed by atoms with E-state index in [0.717, 1.165) is 12.8 Å². The number of fused-ring (bicyclic) bond motifs is 1. The normalized spacial score (nSPS) is 16.6. The van der Waals surface area contributed by atoms with Crippen LogP contribution >= 0.6 is 0 Å². The first kappa shape index (κ1) is 21.3. The fraction of sp³-hybridized carbons (Fsp3) is 0.417. The fourth-order valence-corrected chi connectivity index (χ4v) is 4.24. The van der Waals surface area contributed by atoms with Crippen molar-refractivity contribution < 1.29 is 29.1 Å². The highest BCUT2D eigenvalue weighted by Gasteiger charge is 2.28. The van der Waals surface area contributed by atoms with E-state index in [1.54, 1.807) is 36.4 Å². The molecule has 0 radical (unpaired) electrons. The summed E-state index contributed by atoms with van der Waals surface area (Å²) in [7, 11) is 0. The maximum atomic E-state index is 13.2. The third kappa shape index (κ3) is 4.73. The van der Waals surface area contributed by atoms with Crippen molar-refractivity contribution in [1.82, 2.24) is 4.90 Å². The van der Waals surface area contributed by atoms with Crippen LogP contribution in [-0.2, 0) is 9.78 Å². The van der Waals surface area contributed by atoms with Crippen LogP contribution < -0.4 is 9.78 Å². The molecule has 1 aliphatic heterocycles. The number of nitrogens with zero attached hydrogens (tertiary/aromatic N) is 1. The molecule has 0 saturated heterocycles. The largest absolute Gasteiger partial charge is 0.333 e. The van der Waals surface area contributed by atoms with Gasteiger partial charge in [-0.05, 0) is 57.0 Å². The highest BCUT2D eigenvalue weighted by molar-refractivity contribution is 6.09. The Hall–Kier alpha value is -2.90. The Labute approximate surface area is 181 Å². The molecule has 0 bridgehead atoms. The van der Waals surface area contributed by atoms with Gasteiger partial charge in [0.05, 0.1) is 0 Å². The minimum atomic E-state index is -0.191. The van der Waals surface area contributed by atoms with E-state index in [1.807, 2.05) is 4.90 Å². The van der Waals surface area contributed by atoms with Crippen LogP contribution in [0.1, 0.15) is 72.2 Å². The second-order valence-electron chi connectivity index (χ2n) is 8.19. The molecule has 164 valence electrons. The van der Waals surface area contributed by atoms with Crippen molar-refractivity contribution in [3.63, 3.8) is 0 Å². The van der Waals surface area contributed by atoms with Gasteiger partial charge in [-0.3, -0.25) is 9.59 Å². The van der Waals surface area contributed by atoms with Gasteiger partial charge in [-0.2, -0.15) is 9.78 Å². The van der Waals surface area contributed by atoms with E-state index in [4.69, 9.17) is 19.6 Å². The Morgan fingerprint density at radius 3 is 2.13 bits per heavy atom. The molecule has 31 heavy (non-hydrogen) atoms. The molecule has 1 saturated carbocycles. The number of amides is 1. The lowest BCUT2D eigenvalue weighted by Gasteiger charge is -2.37. The molecular formula is C24H27NO6. The lowest BCUT2D eigenvalue weighted by atomic mass is 9.92. The van der Waals surface area contributed by atoms with Crippen molar-refractivity contribution in [2.75, 3.05) is 6.79 Å². The summed E-state index contributed by atoms with van der Waals surface area (Å²) in [6.07, 6.45) is 5.69. The molecule has 1 amide bonds. The first-order chi connectivity index (χ1) is 15.0. The second-order valence-corrected chi connectivity index (χ2v) is 8.19. The summed E-state index contributed by atoms with van der Waals surface area (Å²) in [5.41, 5.74) is 1.50. The topological polar surface area (TPSA) is 74.3 Å². The highest BCUT2D eigenvalue weighted by atomic mass is 17.3. The van der Waals surface area contributed by atoms with Crippen molar-refractivity contribution in [3.8, 4) is 11.5 Å². The zero-order valence-electron chi connectivity index (χ0n) is 17.8. The van der Waals surface area contributed by atoms with Gasteiger partial charge in [0, 0.05) is 28.8 Å². The van der Waals surface area contributed by atoms with E-state index >= 15 is 0 Å². The van der Waals surface area contributed by atoms with Gasteiger partial charge in [0.25, 0.3) is 5.91 Å². The summed E-state index contributed by atoms with van der Waals surface area (Å²) < 4.78 is 0. The molecule has 0 unspecified atom stereocenters. The Morgan fingerprint density at radius 1 is 0.839 bits per heavy atom. The van der Waals surface area contributed by atoms with Gasteiger partial charge in [0.2, 0.25) is 18.3 Å². The fourth-order valence-electron chi connectivity index (χ4n) is 4.24. The van der Waals surface area contributed by atoms with E-state index in [9.17, 15) is 9.59 Å². The van der Waals surface area contributed by atoms with Gasteiger partial charge in [-0.15, -0.1) is 0 Å². The molecule has 2 aromatic rings. The van der Waals surface area contributed by atoms with Crippen molar-refractivity contribution in [3.05, 3.63) is 59.2 Å². The first-order valence-corrected chi connectivity index (χ1v) is 10.7. The van der Waals surface area contributed by atoms with Gasteiger partial charge < -0.3 is 14.7 Å². The molecule has 0 N–H and O–H groups in total. The minimum Gasteiger partial charge on any atom is -0.333 e. The molecule has 1 heterocycles. The van der Waals surface area contributed by atoms with Crippen LogP contribution in [0.4, 0.5) is 0 Å². The zero-order chi connectivity index (χ0) is 21.8. The predicted molar refractivity (Wildman–Crippen MR) is 113 cm³/mol. The molecule has 2 aromatic carbocycles. The lowest BCUT2D eigenvalue weighted by molar-refractivity contribution is -0.330. The van der Waals surface area contributed by atoms with Crippen molar-refractivity contribution in [2.24, 2.45) is 0 Å². The summed E-state index contributed by atoms with van der Waals surface area (Å²) in [6, 6.07) is 12.0. The summed E-state index contributed by atoms with van der Waals surface area (Å²) in [5.74, 6) is 0.416. The number of ketones is 1. The van der Waals surface area contributed by atoms with Crippen LogP contribution in [0.2, 0.25) is 0 Å². The van der Waals surface area contributed by atoms with E-state index in [2.05, 4.69) is 13.8 Å². The number of benzene rings is 2. The minimum absolute atomic E-state index is 0.0219. The van der Waals surface area contributed by atoms with Crippen LogP contribution in [0.5, 0.6) is 11.5 Å². The number of carbonyl (C=O) groups is 2. The van der Waals surface area contributed by atoms with Crippen LogP contribution in [0, 0.1) is 0 Å².